The van der Waals surface area contributed by atoms with Gasteiger partial charge in [0.1, 0.15) is 5.82 Å². The highest BCUT2D eigenvalue weighted by Gasteiger charge is 2.27. The average molecular weight is 391 g/mol. The number of ether oxygens (including phenoxy) is 1. The molecular formula is C23H22N2O2S. The zero-order chi connectivity index (χ0) is 19.1. The van der Waals surface area contributed by atoms with E-state index in [2.05, 4.69) is 53.1 Å². The van der Waals surface area contributed by atoms with Gasteiger partial charge >= 0.3 is 0 Å². The zero-order valence-electron chi connectivity index (χ0n) is 15.7. The minimum absolute atomic E-state index is 0.0699. The lowest BCUT2D eigenvalue weighted by molar-refractivity contribution is -0.111. The summed E-state index contributed by atoms with van der Waals surface area (Å²) in [6.45, 7) is 0. The molecule has 0 saturated carbocycles. The van der Waals surface area contributed by atoms with E-state index in [4.69, 9.17) is 4.74 Å². The Kier molecular flexibility index (Phi) is 4.32. The number of methoxy groups -OCH3 is 1. The largest absolute Gasteiger partial charge is 0.482 e. The molecule has 0 spiro atoms. The Morgan fingerprint density at radius 3 is 2.96 bits per heavy atom. The molecule has 28 heavy (non-hydrogen) atoms. The van der Waals surface area contributed by atoms with Crippen molar-refractivity contribution in [2.75, 3.05) is 7.11 Å². The third-order valence-electron chi connectivity index (χ3n) is 5.62. The zero-order valence-corrected chi connectivity index (χ0v) is 16.5. The number of nitrogens with one attached hydrogen (secondary N) is 2. The van der Waals surface area contributed by atoms with Crippen molar-refractivity contribution in [2.24, 2.45) is 5.92 Å². The number of thiophene rings is 1. The summed E-state index contributed by atoms with van der Waals surface area (Å²) < 4.78 is 8.20. The number of rotatable bonds is 2. The summed E-state index contributed by atoms with van der Waals surface area (Å²) in [6, 6.07) is 8.65. The maximum Gasteiger partial charge on any atom is 0.189 e. The Labute approximate surface area is 167 Å². The first-order chi connectivity index (χ1) is 13.7. The van der Waals surface area contributed by atoms with Crippen molar-refractivity contribution in [3.8, 4) is 0 Å². The molecule has 0 fully saturated rings. The van der Waals surface area contributed by atoms with Gasteiger partial charge in [-0.15, -0.1) is 11.3 Å². The van der Waals surface area contributed by atoms with Gasteiger partial charge in [-0.3, -0.25) is 4.79 Å². The fourth-order valence-electron chi connectivity index (χ4n) is 4.16. The number of hydrogen-bond acceptors (Lipinski definition) is 5. The first kappa shape index (κ1) is 17.3. The van der Waals surface area contributed by atoms with E-state index in [9.17, 15) is 4.79 Å². The molecule has 2 N–H and O–H groups in total. The van der Waals surface area contributed by atoms with Crippen LogP contribution in [0.4, 0.5) is 0 Å². The monoisotopic (exact) mass is 390 g/mol. The molecule has 5 rings (SSSR count). The summed E-state index contributed by atoms with van der Waals surface area (Å²) in [7, 11) is 1.66. The van der Waals surface area contributed by atoms with Gasteiger partial charge in [0.2, 0.25) is 0 Å². The van der Waals surface area contributed by atoms with Crippen LogP contribution in [0.25, 0.3) is 22.2 Å². The number of benzene rings is 1. The molecule has 3 aliphatic rings. The van der Waals surface area contributed by atoms with Gasteiger partial charge < -0.3 is 15.4 Å². The fraction of sp³-hybridized carbons (Fsp3) is 0.261. The van der Waals surface area contributed by atoms with E-state index in [1.54, 1.807) is 13.2 Å². The van der Waals surface area contributed by atoms with Gasteiger partial charge in [0, 0.05) is 20.7 Å². The van der Waals surface area contributed by atoms with E-state index in [-0.39, 0.29) is 11.8 Å². The third kappa shape index (κ3) is 2.96. The van der Waals surface area contributed by atoms with Crippen LogP contribution in [-0.2, 0) is 9.53 Å². The molecule has 5 heteroatoms. The molecule has 0 saturated heterocycles. The summed E-state index contributed by atoms with van der Waals surface area (Å²) in [5.41, 5.74) is 0.802. The summed E-state index contributed by atoms with van der Waals surface area (Å²) in [4.78, 5) is 12.3. The molecular weight excluding hydrogens is 368 g/mol. The van der Waals surface area contributed by atoms with Gasteiger partial charge in [0.15, 0.2) is 11.7 Å². The average Bonchev–Trinajstić information content (AvgIpc) is 3.11. The van der Waals surface area contributed by atoms with E-state index in [1.165, 1.54) is 19.8 Å². The molecule has 0 radical (unpaired) electrons. The summed E-state index contributed by atoms with van der Waals surface area (Å²) in [5.74, 6) is 1.85. The van der Waals surface area contributed by atoms with Crippen LogP contribution < -0.4 is 20.4 Å². The van der Waals surface area contributed by atoms with Gasteiger partial charge in [-0.2, -0.15) is 0 Å². The number of ketones is 1. The van der Waals surface area contributed by atoms with Gasteiger partial charge in [-0.1, -0.05) is 36.4 Å². The minimum Gasteiger partial charge on any atom is -0.482 e. The van der Waals surface area contributed by atoms with Crippen LogP contribution in [0, 0.1) is 5.92 Å². The molecule has 2 aliphatic carbocycles. The SMILES string of the molecule is COC1=CC(C2C=c3c(sc4ccccc34)=CC2)NC(=C2CCC=CC2=O)N1. The molecule has 1 aliphatic heterocycles. The van der Waals surface area contributed by atoms with E-state index < -0.39 is 0 Å². The predicted molar refractivity (Wildman–Crippen MR) is 114 cm³/mol. The molecule has 0 bridgehead atoms. The van der Waals surface area contributed by atoms with Gasteiger partial charge in [0.05, 0.1) is 13.2 Å². The Morgan fingerprint density at radius 1 is 1.21 bits per heavy atom. The molecule has 2 atom stereocenters. The molecule has 2 unspecified atom stereocenters. The molecule has 142 valence electrons. The quantitative estimate of drug-likeness (QED) is 0.774. The Morgan fingerprint density at radius 2 is 2.11 bits per heavy atom. The summed E-state index contributed by atoms with van der Waals surface area (Å²) in [5, 5.41) is 9.46. The van der Waals surface area contributed by atoms with E-state index in [0.717, 1.165) is 30.7 Å². The van der Waals surface area contributed by atoms with Gasteiger partial charge in [-0.05, 0) is 48.1 Å². The maximum absolute atomic E-state index is 12.3. The molecule has 0 amide bonds. The minimum atomic E-state index is 0.0699. The van der Waals surface area contributed by atoms with Crippen molar-refractivity contribution < 1.29 is 9.53 Å². The molecule has 1 aromatic carbocycles. The van der Waals surface area contributed by atoms with E-state index >= 15 is 0 Å². The second kappa shape index (κ2) is 6.99. The first-order valence-corrected chi connectivity index (χ1v) is 10.5. The first-order valence-electron chi connectivity index (χ1n) is 9.66. The third-order valence-corrected chi connectivity index (χ3v) is 6.80. The Balaban J connectivity index is 1.54. The molecule has 4 nitrogen and oxygen atoms in total. The second-order valence-electron chi connectivity index (χ2n) is 7.34. The second-order valence-corrected chi connectivity index (χ2v) is 8.42. The smallest absolute Gasteiger partial charge is 0.189 e. The standard InChI is InChI=1S/C23H22N2O2S/c1-27-22-13-18(24-23(25-22)16-7-2-4-8-19(16)26)14-10-11-21-17(12-14)15-6-3-5-9-20(15)28-21/h3-6,8-9,11-14,18,24-25H,2,7,10H2,1H3. The van der Waals surface area contributed by atoms with Gasteiger partial charge in [0.25, 0.3) is 0 Å². The highest BCUT2D eigenvalue weighted by atomic mass is 32.1. The van der Waals surface area contributed by atoms with Crippen LogP contribution in [-0.4, -0.2) is 18.9 Å². The molecule has 2 aromatic rings. The van der Waals surface area contributed by atoms with Crippen molar-refractivity contribution in [3.63, 3.8) is 0 Å². The summed E-state index contributed by atoms with van der Waals surface area (Å²) in [6.07, 6.45) is 13.0. The van der Waals surface area contributed by atoms with Crippen LogP contribution in [0.3, 0.4) is 0 Å². The number of fused-ring (bicyclic) bond motifs is 3. The lowest BCUT2D eigenvalue weighted by Crippen LogP contribution is -2.45. The highest BCUT2D eigenvalue weighted by Crippen LogP contribution is 2.25. The van der Waals surface area contributed by atoms with Crippen LogP contribution in [0.15, 0.2) is 59.8 Å². The van der Waals surface area contributed by atoms with Crippen molar-refractivity contribution in [3.05, 3.63) is 69.5 Å². The van der Waals surface area contributed by atoms with Crippen molar-refractivity contribution in [2.45, 2.75) is 25.3 Å². The lowest BCUT2D eigenvalue weighted by Gasteiger charge is -2.32. The van der Waals surface area contributed by atoms with Crippen LogP contribution in [0.1, 0.15) is 19.3 Å². The number of carbonyl (C=O) groups is 1. The molecule has 1 aromatic heterocycles. The van der Waals surface area contributed by atoms with Crippen molar-refractivity contribution in [1.29, 1.82) is 0 Å². The predicted octanol–water partition coefficient (Wildman–Crippen LogP) is 2.66. The van der Waals surface area contributed by atoms with Crippen LogP contribution in [0.2, 0.25) is 0 Å². The lowest BCUT2D eigenvalue weighted by atomic mass is 9.90. The van der Waals surface area contributed by atoms with Crippen molar-refractivity contribution in [1.82, 2.24) is 10.6 Å². The van der Waals surface area contributed by atoms with Crippen molar-refractivity contribution >= 4 is 39.4 Å². The summed E-state index contributed by atoms with van der Waals surface area (Å²) >= 11 is 1.86. The fourth-order valence-corrected chi connectivity index (χ4v) is 5.30. The highest BCUT2D eigenvalue weighted by molar-refractivity contribution is 7.17. The van der Waals surface area contributed by atoms with Crippen LogP contribution in [0.5, 0.6) is 0 Å². The maximum atomic E-state index is 12.3. The Bertz CT molecular complexity index is 1170. The van der Waals surface area contributed by atoms with E-state index in [1.807, 2.05) is 17.4 Å². The van der Waals surface area contributed by atoms with Gasteiger partial charge in [-0.25, -0.2) is 0 Å². The normalized spacial score (nSPS) is 26.5. The topological polar surface area (TPSA) is 50.4 Å². The molecule has 2 heterocycles. The van der Waals surface area contributed by atoms with Crippen LogP contribution >= 0.6 is 11.3 Å². The Hall–Kier alpha value is -2.79. The number of allylic oxidation sites excluding steroid dienone is 3. The number of carbonyl (C=O) groups excluding carboxylic acids is 1. The van der Waals surface area contributed by atoms with E-state index in [0.29, 0.717) is 11.8 Å². The number of hydrogen-bond donors (Lipinski definition) is 2.